The van der Waals surface area contributed by atoms with Crippen LogP contribution in [-0.2, 0) is 11.2 Å². The number of benzene rings is 3. The number of aliphatic carboxylic acids is 1. The fraction of sp³-hybridized carbons (Fsp3) is 0.265. The lowest BCUT2D eigenvalue weighted by molar-refractivity contribution is -0.307. The van der Waals surface area contributed by atoms with Crippen LogP contribution in [0.3, 0.4) is 0 Å². The first-order chi connectivity index (χ1) is 21.0. The van der Waals surface area contributed by atoms with E-state index in [1.165, 1.54) is 24.3 Å². The van der Waals surface area contributed by atoms with E-state index in [2.05, 4.69) is 5.32 Å². The summed E-state index contributed by atoms with van der Waals surface area (Å²) in [5, 5.41) is 34.6. The lowest BCUT2D eigenvalue weighted by Gasteiger charge is -2.20. The van der Waals surface area contributed by atoms with Gasteiger partial charge in [-0.3, -0.25) is 9.59 Å². The van der Waals surface area contributed by atoms with Crippen molar-refractivity contribution in [2.24, 2.45) is 5.73 Å². The molecule has 4 rings (SSSR count). The molecule has 44 heavy (non-hydrogen) atoms. The number of carbonyl (C=O) groups excluding carboxylic acids is 3. The molecule has 10 heteroatoms. The Bertz CT molecular complexity index is 1620. The van der Waals surface area contributed by atoms with Crippen LogP contribution in [0.5, 0.6) is 0 Å². The molecule has 0 spiro atoms. The number of aromatic nitrogens is 1. The van der Waals surface area contributed by atoms with E-state index >= 15 is 0 Å². The number of aliphatic hydroxyl groups is 2. The molecule has 4 aromatic rings. The fourth-order valence-corrected chi connectivity index (χ4v) is 5.41. The number of halogens is 1. The highest BCUT2D eigenvalue weighted by Gasteiger charge is 2.30. The maximum Gasteiger partial charge on any atom is 0.272 e. The first-order valence-corrected chi connectivity index (χ1v) is 14.3. The number of nitrogens with zero attached hydrogens (tertiary/aromatic N) is 1. The lowest BCUT2D eigenvalue weighted by Crippen LogP contribution is -2.29. The number of carboxylic acids is 1. The summed E-state index contributed by atoms with van der Waals surface area (Å²) in [4.78, 5) is 36.6. The zero-order valence-electron chi connectivity index (χ0n) is 24.5. The number of nitrogens with two attached hydrogens (primary N) is 1. The number of nitrogens with one attached hydrogen (secondary N) is 1. The second-order valence-electron chi connectivity index (χ2n) is 10.9. The van der Waals surface area contributed by atoms with E-state index in [4.69, 9.17) is 5.73 Å². The molecular formula is C34H35FN3O6-. The van der Waals surface area contributed by atoms with Crippen LogP contribution in [0.2, 0.25) is 0 Å². The van der Waals surface area contributed by atoms with Gasteiger partial charge < -0.3 is 35.7 Å². The second-order valence-corrected chi connectivity index (χ2v) is 10.9. The van der Waals surface area contributed by atoms with Gasteiger partial charge in [0.2, 0.25) is 5.91 Å². The fourth-order valence-electron chi connectivity index (χ4n) is 5.41. The van der Waals surface area contributed by atoms with Crippen molar-refractivity contribution in [1.29, 1.82) is 0 Å². The normalized spacial score (nSPS) is 12.6. The first kappa shape index (κ1) is 32.1. The van der Waals surface area contributed by atoms with E-state index in [0.717, 1.165) is 5.56 Å². The van der Waals surface area contributed by atoms with Gasteiger partial charge in [-0.05, 0) is 80.6 Å². The van der Waals surface area contributed by atoms with E-state index in [1.807, 2.05) is 48.7 Å². The predicted octanol–water partition coefficient (Wildman–Crippen LogP) is 4.08. The Morgan fingerprint density at radius 2 is 1.50 bits per heavy atom. The number of carboxylic acid groups (broad SMARTS) is 1. The van der Waals surface area contributed by atoms with E-state index in [9.17, 15) is 34.1 Å². The van der Waals surface area contributed by atoms with Gasteiger partial charge in [-0.2, -0.15) is 0 Å². The molecule has 0 aliphatic rings. The molecule has 2 amide bonds. The molecule has 3 aromatic carbocycles. The molecule has 0 aliphatic carbocycles. The third-order valence-corrected chi connectivity index (χ3v) is 7.32. The Labute approximate surface area is 254 Å². The minimum absolute atomic E-state index is 0.152. The van der Waals surface area contributed by atoms with Crippen molar-refractivity contribution in [1.82, 2.24) is 4.57 Å². The third kappa shape index (κ3) is 7.58. The van der Waals surface area contributed by atoms with Crippen LogP contribution in [0, 0.1) is 5.82 Å². The number of amides is 2. The number of carbonyl (C=O) groups is 3. The quantitative estimate of drug-likeness (QED) is 0.181. The van der Waals surface area contributed by atoms with Gasteiger partial charge in [0.05, 0.1) is 12.2 Å². The Morgan fingerprint density at radius 1 is 0.886 bits per heavy atom. The molecule has 0 saturated carbocycles. The molecule has 9 nitrogen and oxygen atoms in total. The zero-order valence-corrected chi connectivity index (χ0v) is 24.5. The third-order valence-electron chi connectivity index (χ3n) is 7.32. The van der Waals surface area contributed by atoms with E-state index < -0.39 is 42.2 Å². The van der Waals surface area contributed by atoms with Crippen LogP contribution in [-0.4, -0.2) is 44.8 Å². The van der Waals surface area contributed by atoms with E-state index in [0.29, 0.717) is 39.3 Å². The van der Waals surface area contributed by atoms with Gasteiger partial charge in [-0.15, -0.1) is 0 Å². The van der Waals surface area contributed by atoms with Crippen molar-refractivity contribution in [3.05, 3.63) is 102 Å². The Hall–Kier alpha value is -4.80. The largest absolute Gasteiger partial charge is 0.550 e. The molecule has 230 valence electrons. The molecule has 5 N–H and O–H groups in total. The summed E-state index contributed by atoms with van der Waals surface area (Å²) >= 11 is 0. The second kappa shape index (κ2) is 14.1. The Morgan fingerprint density at radius 3 is 2.07 bits per heavy atom. The number of rotatable bonds is 13. The number of primary amides is 1. The summed E-state index contributed by atoms with van der Waals surface area (Å²) in [6.45, 7) is 3.84. The van der Waals surface area contributed by atoms with Crippen LogP contribution in [0.15, 0.2) is 78.9 Å². The van der Waals surface area contributed by atoms with Gasteiger partial charge in [0.25, 0.3) is 5.91 Å². The predicted molar refractivity (Wildman–Crippen MR) is 163 cm³/mol. The molecule has 0 unspecified atom stereocenters. The van der Waals surface area contributed by atoms with Gasteiger partial charge in [-0.25, -0.2) is 4.39 Å². The molecule has 1 heterocycles. The summed E-state index contributed by atoms with van der Waals surface area (Å²) in [5.74, 6) is -2.85. The van der Waals surface area contributed by atoms with Crippen LogP contribution < -0.4 is 16.2 Å². The topological polar surface area (TPSA) is 158 Å². The molecule has 1 aromatic heterocycles. The molecule has 0 aliphatic heterocycles. The zero-order chi connectivity index (χ0) is 32.0. The van der Waals surface area contributed by atoms with Crippen molar-refractivity contribution in [2.75, 3.05) is 5.32 Å². The molecule has 0 saturated heterocycles. The van der Waals surface area contributed by atoms with Gasteiger partial charge in [0.1, 0.15) is 11.5 Å². The summed E-state index contributed by atoms with van der Waals surface area (Å²) in [6, 6.07) is 21.2. The standard InChI is InChI=1S/C34H36FN3O6/c1-20(2)38-28(17-16-26(39)18-27(40)19-29(41)42)30(22-8-12-24(35)13-9-22)31(21-6-4-3-5-7-21)32(38)34(44)37-25-14-10-23(11-15-25)33(36)43/h3-15,20,26-27,39-40H,16-19H2,1-2H3,(H2,36,43)(H,37,44)(H,41,42)/p-1/t26-,27-/m1/s1. The summed E-state index contributed by atoms with van der Waals surface area (Å²) in [7, 11) is 0. The Kier molecular flexibility index (Phi) is 10.3. The minimum atomic E-state index is -1.41. The van der Waals surface area contributed by atoms with E-state index in [1.54, 1.807) is 24.3 Å². The highest BCUT2D eigenvalue weighted by molar-refractivity contribution is 6.11. The highest BCUT2D eigenvalue weighted by atomic mass is 19.1. The maximum atomic E-state index is 14.2. The first-order valence-electron chi connectivity index (χ1n) is 14.3. The number of hydrogen-bond donors (Lipinski definition) is 4. The van der Waals surface area contributed by atoms with Crippen molar-refractivity contribution < 1.29 is 34.1 Å². The minimum Gasteiger partial charge on any atom is -0.550 e. The SMILES string of the molecule is CC(C)n1c(CC[C@@H](O)C[C@@H](O)CC(=O)[O-])c(-c2ccc(F)cc2)c(-c2ccccc2)c1C(=O)Nc1ccc(C(N)=O)cc1. The number of anilines is 1. The summed E-state index contributed by atoms with van der Waals surface area (Å²) < 4.78 is 15.9. The molecule has 0 fully saturated rings. The van der Waals surface area contributed by atoms with Crippen molar-refractivity contribution in [3.8, 4) is 22.3 Å². The number of hydrogen-bond acceptors (Lipinski definition) is 6. The molecule has 0 bridgehead atoms. The van der Waals surface area contributed by atoms with Crippen LogP contribution in [0.25, 0.3) is 22.3 Å². The van der Waals surface area contributed by atoms with Crippen molar-refractivity contribution >= 4 is 23.5 Å². The smallest absolute Gasteiger partial charge is 0.272 e. The van der Waals surface area contributed by atoms with Crippen LogP contribution in [0.1, 0.15) is 65.7 Å². The van der Waals surface area contributed by atoms with Gasteiger partial charge in [0, 0.05) is 46.5 Å². The molecular weight excluding hydrogens is 565 g/mol. The lowest BCUT2D eigenvalue weighted by atomic mass is 9.92. The van der Waals surface area contributed by atoms with Crippen LogP contribution in [0.4, 0.5) is 10.1 Å². The van der Waals surface area contributed by atoms with Crippen LogP contribution >= 0.6 is 0 Å². The molecule has 2 atom stereocenters. The maximum absolute atomic E-state index is 14.2. The van der Waals surface area contributed by atoms with Gasteiger partial charge >= 0.3 is 0 Å². The monoisotopic (exact) mass is 600 g/mol. The van der Waals surface area contributed by atoms with Crippen molar-refractivity contribution in [2.45, 2.75) is 57.8 Å². The van der Waals surface area contributed by atoms with E-state index in [-0.39, 0.29) is 25.3 Å². The van der Waals surface area contributed by atoms with Gasteiger partial charge in [-0.1, -0.05) is 42.5 Å². The highest BCUT2D eigenvalue weighted by Crippen LogP contribution is 2.43. The van der Waals surface area contributed by atoms with Crippen molar-refractivity contribution in [3.63, 3.8) is 0 Å². The number of aliphatic hydroxyl groups excluding tert-OH is 2. The molecule has 0 radical (unpaired) electrons. The summed E-state index contributed by atoms with van der Waals surface area (Å²) in [6.07, 6.45) is -2.66. The Balaban J connectivity index is 1.88. The average molecular weight is 601 g/mol. The van der Waals surface area contributed by atoms with Gasteiger partial charge in [0.15, 0.2) is 0 Å². The summed E-state index contributed by atoms with van der Waals surface area (Å²) in [5.41, 5.74) is 9.83. The average Bonchev–Trinajstić information content (AvgIpc) is 3.32.